The van der Waals surface area contributed by atoms with Gasteiger partial charge in [-0.15, -0.1) is 0 Å². The quantitative estimate of drug-likeness (QED) is 0.916. The molecular formula is C16H21N3. The van der Waals surface area contributed by atoms with Crippen LogP contribution in [0.3, 0.4) is 0 Å². The van der Waals surface area contributed by atoms with E-state index in [9.17, 15) is 0 Å². The Balaban J connectivity index is 1.76. The summed E-state index contributed by atoms with van der Waals surface area (Å²) in [6.07, 6.45) is 10.0. The summed E-state index contributed by atoms with van der Waals surface area (Å²) >= 11 is 0. The molecule has 0 unspecified atom stereocenters. The van der Waals surface area contributed by atoms with Crippen molar-refractivity contribution in [1.82, 2.24) is 9.78 Å². The van der Waals surface area contributed by atoms with Gasteiger partial charge in [0, 0.05) is 17.3 Å². The van der Waals surface area contributed by atoms with Gasteiger partial charge in [0.05, 0.1) is 12.7 Å². The fourth-order valence-electron chi connectivity index (χ4n) is 2.95. The Labute approximate surface area is 114 Å². The average Bonchev–Trinajstić information content (AvgIpc) is 2.90. The molecule has 0 spiro atoms. The molecule has 3 heteroatoms. The minimum atomic E-state index is -0.146. The first-order valence-electron chi connectivity index (χ1n) is 7.12. The van der Waals surface area contributed by atoms with Crippen LogP contribution in [0.25, 0.3) is 0 Å². The summed E-state index contributed by atoms with van der Waals surface area (Å²) in [4.78, 5) is 0. The van der Waals surface area contributed by atoms with Gasteiger partial charge in [-0.25, -0.2) is 0 Å². The maximum Gasteiger partial charge on any atom is 0.0659 e. The summed E-state index contributed by atoms with van der Waals surface area (Å²) in [6, 6.07) is 10.4. The van der Waals surface area contributed by atoms with Gasteiger partial charge in [-0.05, 0) is 18.4 Å². The fraction of sp³-hybridized carbons (Fsp3) is 0.438. The first kappa shape index (κ1) is 12.4. The van der Waals surface area contributed by atoms with Gasteiger partial charge in [0.15, 0.2) is 0 Å². The van der Waals surface area contributed by atoms with Gasteiger partial charge in [0.1, 0.15) is 0 Å². The second kappa shape index (κ2) is 5.17. The SMILES string of the molecule is NC1(c2cnn(Cc3ccccc3)c2)CCCCC1. The molecule has 19 heavy (non-hydrogen) atoms. The average molecular weight is 255 g/mol. The monoisotopic (exact) mass is 255 g/mol. The van der Waals surface area contributed by atoms with Crippen molar-refractivity contribution in [1.29, 1.82) is 0 Å². The van der Waals surface area contributed by atoms with Crippen LogP contribution in [0.4, 0.5) is 0 Å². The summed E-state index contributed by atoms with van der Waals surface area (Å²) in [6.45, 7) is 0.816. The molecule has 1 fully saturated rings. The van der Waals surface area contributed by atoms with Crippen molar-refractivity contribution < 1.29 is 0 Å². The Morgan fingerprint density at radius 1 is 1.11 bits per heavy atom. The van der Waals surface area contributed by atoms with Gasteiger partial charge < -0.3 is 5.73 Å². The second-order valence-corrected chi connectivity index (χ2v) is 5.63. The smallest absolute Gasteiger partial charge is 0.0659 e. The number of benzene rings is 1. The van der Waals surface area contributed by atoms with Crippen LogP contribution < -0.4 is 5.73 Å². The number of hydrogen-bond donors (Lipinski definition) is 1. The molecule has 1 aromatic heterocycles. The Hall–Kier alpha value is -1.61. The maximum absolute atomic E-state index is 6.53. The summed E-state index contributed by atoms with van der Waals surface area (Å²) in [5.74, 6) is 0. The highest BCUT2D eigenvalue weighted by Gasteiger charge is 2.30. The second-order valence-electron chi connectivity index (χ2n) is 5.63. The Kier molecular flexibility index (Phi) is 3.38. The molecule has 0 bridgehead atoms. The van der Waals surface area contributed by atoms with Crippen molar-refractivity contribution in [2.24, 2.45) is 5.73 Å². The van der Waals surface area contributed by atoms with Crippen LogP contribution in [0.15, 0.2) is 42.7 Å². The largest absolute Gasteiger partial charge is 0.321 e. The number of nitrogens with zero attached hydrogens (tertiary/aromatic N) is 2. The molecule has 2 N–H and O–H groups in total. The van der Waals surface area contributed by atoms with E-state index in [1.54, 1.807) is 0 Å². The molecule has 3 nitrogen and oxygen atoms in total. The van der Waals surface area contributed by atoms with Gasteiger partial charge in [0.2, 0.25) is 0 Å². The van der Waals surface area contributed by atoms with Crippen LogP contribution >= 0.6 is 0 Å². The Bertz CT molecular complexity index is 524. The number of aromatic nitrogens is 2. The van der Waals surface area contributed by atoms with E-state index in [2.05, 4.69) is 35.6 Å². The highest BCUT2D eigenvalue weighted by atomic mass is 15.3. The lowest BCUT2D eigenvalue weighted by Gasteiger charge is -2.32. The highest BCUT2D eigenvalue weighted by Crippen LogP contribution is 2.34. The Morgan fingerprint density at radius 3 is 2.58 bits per heavy atom. The van der Waals surface area contributed by atoms with Crippen molar-refractivity contribution in [2.75, 3.05) is 0 Å². The number of nitrogens with two attached hydrogens (primary N) is 1. The van der Waals surface area contributed by atoms with Crippen LogP contribution in [0.2, 0.25) is 0 Å². The van der Waals surface area contributed by atoms with E-state index in [0.29, 0.717) is 0 Å². The summed E-state index contributed by atoms with van der Waals surface area (Å²) in [5, 5.41) is 4.47. The molecule has 1 aliphatic carbocycles. The summed E-state index contributed by atoms with van der Waals surface area (Å²) in [5.41, 5.74) is 8.86. The Morgan fingerprint density at radius 2 is 1.84 bits per heavy atom. The molecule has 0 saturated heterocycles. The van der Waals surface area contributed by atoms with E-state index in [1.165, 1.54) is 30.4 Å². The molecule has 1 aromatic carbocycles. The molecule has 0 radical (unpaired) electrons. The lowest BCUT2D eigenvalue weighted by atomic mass is 9.79. The van der Waals surface area contributed by atoms with Gasteiger partial charge in [-0.2, -0.15) is 5.10 Å². The molecular weight excluding hydrogens is 234 g/mol. The zero-order valence-corrected chi connectivity index (χ0v) is 11.3. The molecule has 0 aliphatic heterocycles. The van der Waals surface area contributed by atoms with Crippen molar-refractivity contribution in [2.45, 2.75) is 44.2 Å². The third kappa shape index (κ3) is 2.71. The maximum atomic E-state index is 6.53. The van der Waals surface area contributed by atoms with E-state index in [0.717, 1.165) is 19.4 Å². The standard InChI is InChI=1S/C16H21N3/c17-16(9-5-2-6-10-16)15-11-18-19(13-15)12-14-7-3-1-4-8-14/h1,3-4,7-8,11,13H,2,5-6,9-10,12,17H2. The predicted octanol–water partition coefficient (Wildman–Crippen LogP) is 3.05. The fourth-order valence-corrected chi connectivity index (χ4v) is 2.95. The molecule has 2 aromatic rings. The first-order chi connectivity index (χ1) is 9.26. The van der Waals surface area contributed by atoms with Crippen LogP contribution in [-0.4, -0.2) is 9.78 Å². The van der Waals surface area contributed by atoms with Crippen molar-refractivity contribution in [3.8, 4) is 0 Å². The van der Waals surface area contributed by atoms with E-state index in [4.69, 9.17) is 5.73 Å². The topological polar surface area (TPSA) is 43.8 Å². The van der Waals surface area contributed by atoms with E-state index < -0.39 is 0 Å². The van der Waals surface area contributed by atoms with Gasteiger partial charge in [0.25, 0.3) is 0 Å². The minimum absolute atomic E-state index is 0.146. The number of rotatable bonds is 3. The molecule has 100 valence electrons. The molecule has 1 heterocycles. The lowest BCUT2D eigenvalue weighted by molar-refractivity contribution is 0.302. The van der Waals surface area contributed by atoms with Gasteiger partial charge >= 0.3 is 0 Å². The zero-order chi connectivity index (χ0) is 13.1. The van der Waals surface area contributed by atoms with E-state index in [-0.39, 0.29) is 5.54 Å². The number of hydrogen-bond acceptors (Lipinski definition) is 2. The van der Waals surface area contributed by atoms with Crippen LogP contribution in [0.5, 0.6) is 0 Å². The van der Waals surface area contributed by atoms with Crippen LogP contribution in [0, 0.1) is 0 Å². The molecule has 3 rings (SSSR count). The molecule has 1 saturated carbocycles. The van der Waals surface area contributed by atoms with Gasteiger partial charge in [-0.1, -0.05) is 49.6 Å². The van der Waals surface area contributed by atoms with Crippen molar-refractivity contribution >= 4 is 0 Å². The van der Waals surface area contributed by atoms with Gasteiger partial charge in [-0.3, -0.25) is 4.68 Å². The van der Waals surface area contributed by atoms with E-state index >= 15 is 0 Å². The summed E-state index contributed by atoms with van der Waals surface area (Å²) < 4.78 is 1.99. The molecule has 0 amide bonds. The normalized spacial score (nSPS) is 18.4. The highest BCUT2D eigenvalue weighted by molar-refractivity contribution is 5.20. The van der Waals surface area contributed by atoms with Crippen LogP contribution in [-0.2, 0) is 12.1 Å². The minimum Gasteiger partial charge on any atom is -0.321 e. The first-order valence-corrected chi connectivity index (χ1v) is 7.12. The molecule has 1 aliphatic rings. The van der Waals surface area contributed by atoms with E-state index in [1.807, 2.05) is 16.9 Å². The zero-order valence-electron chi connectivity index (χ0n) is 11.3. The summed E-state index contributed by atoms with van der Waals surface area (Å²) in [7, 11) is 0. The predicted molar refractivity (Wildman–Crippen MR) is 76.7 cm³/mol. The third-order valence-electron chi connectivity index (χ3n) is 4.14. The molecule has 0 atom stereocenters. The van der Waals surface area contributed by atoms with Crippen molar-refractivity contribution in [3.05, 3.63) is 53.9 Å². The van der Waals surface area contributed by atoms with Crippen molar-refractivity contribution in [3.63, 3.8) is 0 Å². The lowest BCUT2D eigenvalue weighted by Crippen LogP contribution is -2.38. The van der Waals surface area contributed by atoms with Crippen LogP contribution in [0.1, 0.15) is 43.2 Å². The third-order valence-corrected chi connectivity index (χ3v) is 4.14.